The number of para-hydroxylation sites is 2. The molecule has 2 amide bonds. The van der Waals surface area contributed by atoms with E-state index in [1.807, 2.05) is 62.4 Å². The molecule has 3 aromatic carbocycles. The number of nitrogens with one attached hydrogen (secondary N) is 1. The lowest BCUT2D eigenvalue weighted by molar-refractivity contribution is 0.0523. The van der Waals surface area contributed by atoms with E-state index in [-0.39, 0.29) is 18.0 Å². The van der Waals surface area contributed by atoms with Crippen molar-refractivity contribution in [3.8, 4) is 11.5 Å². The molecular weight excluding hydrogens is 435 g/mol. The summed E-state index contributed by atoms with van der Waals surface area (Å²) in [6, 6.07) is 19.4. The average molecular weight is 465 g/mol. The van der Waals surface area contributed by atoms with Crippen LogP contribution in [0.5, 0.6) is 11.5 Å². The highest BCUT2D eigenvalue weighted by Gasteiger charge is 2.22. The van der Waals surface area contributed by atoms with Gasteiger partial charge < -0.3 is 24.4 Å². The van der Waals surface area contributed by atoms with Gasteiger partial charge in [0.05, 0.1) is 38.1 Å². The number of anilines is 1. The van der Waals surface area contributed by atoms with Crippen LogP contribution in [0.2, 0.25) is 0 Å². The van der Waals surface area contributed by atoms with Crippen LogP contribution in [-0.4, -0.2) is 30.7 Å². The Morgan fingerprint density at radius 3 is 2.82 bits per heavy atom. The normalized spacial score (nSPS) is 13.9. The summed E-state index contributed by atoms with van der Waals surface area (Å²) in [5.41, 5.74) is 3.28. The van der Waals surface area contributed by atoms with Crippen molar-refractivity contribution >= 4 is 11.7 Å². The van der Waals surface area contributed by atoms with Gasteiger partial charge in [-0.05, 0) is 61.4 Å². The Kier molecular flexibility index (Phi) is 7.65. The maximum atomic E-state index is 13.4. The second-order valence-corrected chi connectivity index (χ2v) is 8.08. The number of nitrogens with zero attached hydrogens (tertiary/aromatic N) is 1. The van der Waals surface area contributed by atoms with Gasteiger partial charge in [0.1, 0.15) is 23.9 Å². The SMILES string of the molecule is CCOc1ccccc1NC(=O)N1CCOc2ccc([C@@H](C)OCc3cccc(F)c3)cc2C1. The van der Waals surface area contributed by atoms with Crippen molar-refractivity contribution in [2.24, 2.45) is 0 Å². The summed E-state index contributed by atoms with van der Waals surface area (Å²) >= 11 is 0. The van der Waals surface area contributed by atoms with Gasteiger partial charge >= 0.3 is 6.03 Å². The molecule has 3 aromatic rings. The Morgan fingerprint density at radius 2 is 2.00 bits per heavy atom. The number of rotatable bonds is 7. The van der Waals surface area contributed by atoms with E-state index in [9.17, 15) is 9.18 Å². The van der Waals surface area contributed by atoms with E-state index in [2.05, 4.69) is 5.32 Å². The van der Waals surface area contributed by atoms with Gasteiger partial charge in [0.2, 0.25) is 0 Å². The van der Waals surface area contributed by atoms with Crippen molar-refractivity contribution in [2.45, 2.75) is 33.1 Å². The van der Waals surface area contributed by atoms with Gasteiger partial charge in [0.15, 0.2) is 0 Å². The Bertz CT molecular complexity index is 1140. The fraction of sp³-hybridized carbons (Fsp3) is 0.296. The van der Waals surface area contributed by atoms with E-state index in [1.54, 1.807) is 11.0 Å². The molecule has 1 heterocycles. The molecule has 6 nitrogen and oxygen atoms in total. The van der Waals surface area contributed by atoms with E-state index < -0.39 is 0 Å². The number of hydrogen-bond donors (Lipinski definition) is 1. The van der Waals surface area contributed by atoms with Crippen LogP contribution in [0.15, 0.2) is 66.7 Å². The lowest BCUT2D eigenvalue weighted by Crippen LogP contribution is -2.36. The minimum absolute atomic E-state index is 0.211. The fourth-order valence-corrected chi connectivity index (χ4v) is 3.83. The number of ether oxygens (including phenoxy) is 3. The van der Waals surface area contributed by atoms with Gasteiger partial charge in [-0.1, -0.05) is 30.3 Å². The summed E-state index contributed by atoms with van der Waals surface area (Å²) in [4.78, 5) is 14.8. The summed E-state index contributed by atoms with van der Waals surface area (Å²) in [7, 11) is 0. The molecule has 1 aliphatic heterocycles. The minimum atomic E-state index is -0.279. The minimum Gasteiger partial charge on any atom is -0.492 e. The summed E-state index contributed by atoms with van der Waals surface area (Å²) in [5.74, 6) is 1.11. The van der Waals surface area contributed by atoms with E-state index >= 15 is 0 Å². The molecule has 0 unspecified atom stereocenters. The highest BCUT2D eigenvalue weighted by atomic mass is 19.1. The second kappa shape index (κ2) is 11.0. The van der Waals surface area contributed by atoms with Crippen LogP contribution in [0.4, 0.5) is 14.9 Å². The van der Waals surface area contributed by atoms with E-state index in [0.29, 0.717) is 44.3 Å². The molecule has 0 aliphatic carbocycles. The molecule has 0 aromatic heterocycles. The summed E-state index contributed by atoms with van der Waals surface area (Å²) in [5, 5.41) is 2.96. The molecule has 0 bridgehead atoms. The summed E-state index contributed by atoms with van der Waals surface area (Å²) in [6.07, 6.45) is -0.211. The van der Waals surface area contributed by atoms with E-state index in [1.165, 1.54) is 12.1 Å². The number of hydrogen-bond acceptors (Lipinski definition) is 4. The first-order valence-corrected chi connectivity index (χ1v) is 11.4. The molecule has 0 saturated heterocycles. The number of benzene rings is 3. The molecule has 0 saturated carbocycles. The molecule has 7 heteroatoms. The summed E-state index contributed by atoms with van der Waals surface area (Å²) in [6.45, 7) is 5.94. The first-order valence-electron chi connectivity index (χ1n) is 11.4. The monoisotopic (exact) mass is 464 g/mol. The van der Waals surface area contributed by atoms with Gasteiger partial charge in [0, 0.05) is 5.56 Å². The van der Waals surface area contributed by atoms with Crippen LogP contribution in [0, 0.1) is 5.82 Å². The Balaban J connectivity index is 1.44. The van der Waals surface area contributed by atoms with Gasteiger partial charge in [0.25, 0.3) is 0 Å². The molecular formula is C27H29FN2O4. The Morgan fingerprint density at radius 1 is 1.15 bits per heavy atom. The van der Waals surface area contributed by atoms with Crippen LogP contribution in [0.25, 0.3) is 0 Å². The van der Waals surface area contributed by atoms with E-state index in [0.717, 1.165) is 22.4 Å². The molecule has 4 rings (SSSR count). The van der Waals surface area contributed by atoms with E-state index in [4.69, 9.17) is 14.2 Å². The van der Waals surface area contributed by atoms with Gasteiger partial charge in [-0.25, -0.2) is 9.18 Å². The maximum Gasteiger partial charge on any atom is 0.322 e. The zero-order valence-electron chi connectivity index (χ0n) is 19.4. The number of fused-ring (bicyclic) bond motifs is 1. The predicted molar refractivity (Wildman–Crippen MR) is 129 cm³/mol. The van der Waals surface area contributed by atoms with Crippen LogP contribution in [0.1, 0.15) is 36.6 Å². The third kappa shape index (κ3) is 5.85. The first-order chi connectivity index (χ1) is 16.5. The van der Waals surface area contributed by atoms with Gasteiger partial charge in [-0.3, -0.25) is 0 Å². The standard InChI is InChI=1S/C27H29FN2O4/c1-3-32-26-10-5-4-9-24(26)29-27(31)30-13-14-33-25-12-11-21(16-22(25)17-30)19(2)34-18-20-7-6-8-23(28)15-20/h4-12,15-16,19H,3,13-14,17-18H2,1-2H3,(H,29,31)/t19-/m1/s1. The predicted octanol–water partition coefficient (Wildman–Crippen LogP) is 5.93. The third-order valence-corrected chi connectivity index (χ3v) is 5.64. The Hall–Kier alpha value is -3.58. The van der Waals surface area contributed by atoms with Crippen LogP contribution >= 0.6 is 0 Å². The first kappa shape index (κ1) is 23.6. The summed E-state index contributed by atoms with van der Waals surface area (Å²) < 4.78 is 30.9. The smallest absolute Gasteiger partial charge is 0.322 e. The molecule has 0 radical (unpaired) electrons. The molecule has 1 N–H and O–H groups in total. The molecule has 1 aliphatic rings. The number of halogens is 1. The van der Waals surface area contributed by atoms with Crippen molar-refractivity contribution < 1.29 is 23.4 Å². The van der Waals surface area contributed by atoms with Crippen molar-refractivity contribution in [1.29, 1.82) is 0 Å². The third-order valence-electron chi connectivity index (χ3n) is 5.64. The number of urea groups is 1. The number of carbonyl (C=O) groups is 1. The highest BCUT2D eigenvalue weighted by Crippen LogP contribution is 2.29. The molecule has 178 valence electrons. The van der Waals surface area contributed by atoms with Crippen molar-refractivity contribution in [3.05, 3.63) is 89.2 Å². The number of amides is 2. The number of carbonyl (C=O) groups excluding carboxylic acids is 1. The fourth-order valence-electron chi connectivity index (χ4n) is 3.83. The molecule has 0 fully saturated rings. The zero-order valence-corrected chi connectivity index (χ0v) is 19.4. The lowest BCUT2D eigenvalue weighted by Gasteiger charge is -2.22. The lowest BCUT2D eigenvalue weighted by atomic mass is 10.1. The molecule has 0 spiro atoms. The topological polar surface area (TPSA) is 60.0 Å². The quantitative estimate of drug-likeness (QED) is 0.471. The highest BCUT2D eigenvalue weighted by molar-refractivity contribution is 5.91. The Labute approximate surface area is 199 Å². The molecule has 1 atom stereocenters. The van der Waals surface area contributed by atoms with Crippen molar-refractivity contribution in [2.75, 3.05) is 25.1 Å². The van der Waals surface area contributed by atoms with Crippen molar-refractivity contribution in [3.63, 3.8) is 0 Å². The second-order valence-electron chi connectivity index (χ2n) is 8.08. The van der Waals surface area contributed by atoms with Crippen LogP contribution in [-0.2, 0) is 17.9 Å². The van der Waals surface area contributed by atoms with Gasteiger partial charge in [-0.2, -0.15) is 0 Å². The van der Waals surface area contributed by atoms with Crippen molar-refractivity contribution in [1.82, 2.24) is 4.90 Å². The molecule has 34 heavy (non-hydrogen) atoms. The van der Waals surface area contributed by atoms with Crippen LogP contribution < -0.4 is 14.8 Å². The van der Waals surface area contributed by atoms with Crippen LogP contribution in [0.3, 0.4) is 0 Å². The largest absolute Gasteiger partial charge is 0.492 e. The zero-order chi connectivity index (χ0) is 23.9. The maximum absolute atomic E-state index is 13.4. The van der Waals surface area contributed by atoms with Gasteiger partial charge in [-0.15, -0.1) is 0 Å². The average Bonchev–Trinajstić information content (AvgIpc) is 3.06.